The van der Waals surface area contributed by atoms with Crippen LogP contribution in [0.15, 0.2) is 23.1 Å². The van der Waals surface area contributed by atoms with Gasteiger partial charge in [-0.3, -0.25) is 14.3 Å². The lowest BCUT2D eigenvalue weighted by Crippen LogP contribution is -2.45. The highest BCUT2D eigenvalue weighted by Crippen LogP contribution is 2.39. The molecule has 0 bridgehead atoms. The minimum absolute atomic E-state index is 0.0166. The van der Waals surface area contributed by atoms with Crippen molar-refractivity contribution in [3.63, 3.8) is 0 Å². The molecule has 0 aromatic carbocycles. The van der Waals surface area contributed by atoms with Crippen LogP contribution in [0.3, 0.4) is 0 Å². The molecule has 4 heterocycles. The predicted molar refractivity (Wildman–Crippen MR) is 97.6 cm³/mol. The van der Waals surface area contributed by atoms with Crippen molar-refractivity contribution in [2.24, 2.45) is 5.92 Å². The van der Waals surface area contributed by atoms with Gasteiger partial charge in [-0.2, -0.15) is 18.3 Å². The third kappa shape index (κ3) is 3.90. The third-order valence-electron chi connectivity index (χ3n) is 5.46. The SMILES string of the molecule is O=C(C1CC(C(F)(F)F)Cc2nn(Cc3ccc(Cl)cn3)c(=O)n21)N1CCCC1. The topological polar surface area (TPSA) is 73.0 Å². The molecule has 0 spiro atoms. The van der Waals surface area contributed by atoms with E-state index >= 15 is 0 Å². The Morgan fingerprint density at radius 1 is 1.24 bits per heavy atom. The molecule has 2 aliphatic heterocycles. The molecule has 2 aromatic rings. The number of alkyl halides is 3. The van der Waals surface area contributed by atoms with Crippen LogP contribution in [0.25, 0.3) is 0 Å². The van der Waals surface area contributed by atoms with Crippen molar-refractivity contribution >= 4 is 17.5 Å². The van der Waals surface area contributed by atoms with Crippen molar-refractivity contribution < 1.29 is 18.0 Å². The van der Waals surface area contributed by atoms with E-state index in [1.807, 2.05) is 0 Å². The Bertz CT molecular complexity index is 963. The van der Waals surface area contributed by atoms with E-state index in [-0.39, 0.29) is 12.4 Å². The fourth-order valence-corrected chi connectivity index (χ4v) is 4.07. The summed E-state index contributed by atoms with van der Waals surface area (Å²) in [4.78, 5) is 31.5. The monoisotopic (exact) mass is 429 g/mol. The Morgan fingerprint density at radius 2 is 1.97 bits per heavy atom. The number of carbonyl (C=O) groups is 1. The van der Waals surface area contributed by atoms with Crippen molar-refractivity contribution in [3.8, 4) is 0 Å². The van der Waals surface area contributed by atoms with Crippen LogP contribution in [0.5, 0.6) is 0 Å². The van der Waals surface area contributed by atoms with Crippen molar-refractivity contribution in [1.82, 2.24) is 24.2 Å². The fraction of sp³-hybridized carbons (Fsp3) is 0.556. The summed E-state index contributed by atoms with van der Waals surface area (Å²) in [5.41, 5.74) is -0.114. The predicted octanol–water partition coefficient (Wildman–Crippen LogP) is 2.43. The Labute approximate surface area is 169 Å². The zero-order chi connectivity index (χ0) is 20.8. The van der Waals surface area contributed by atoms with E-state index in [1.54, 1.807) is 12.1 Å². The van der Waals surface area contributed by atoms with Gasteiger partial charge in [-0.15, -0.1) is 0 Å². The number of amides is 1. The summed E-state index contributed by atoms with van der Waals surface area (Å²) in [7, 11) is 0. The maximum absolute atomic E-state index is 13.5. The van der Waals surface area contributed by atoms with Crippen LogP contribution in [0.1, 0.15) is 36.8 Å². The molecular formula is C18H19ClF3N5O2. The smallest absolute Gasteiger partial charge is 0.341 e. The van der Waals surface area contributed by atoms with Crippen LogP contribution in [-0.4, -0.2) is 49.4 Å². The highest BCUT2D eigenvalue weighted by molar-refractivity contribution is 6.30. The molecule has 0 aliphatic carbocycles. The van der Waals surface area contributed by atoms with E-state index in [0.717, 1.165) is 22.1 Å². The molecular weight excluding hydrogens is 411 g/mol. The second kappa shape index (κ2) is 7.47. The number of pyridine rings is 1. The van der Waals surface area contributed by atoms with Crippen LogP contribution in [0, 0.1) is 5.92 Å². The molecule has 2 atom stereocenters. The number of fused-ring (bicyclic) bond motifs is 1. The van der Waals surface area contributed by atoms with Crippen LogP contribution in [0.4, 0.5) is 13.2 Å². The van der Waals surface area contributed by atoms with Gasteiger partial charge in [-0.05, 0) is 31.4 Å². The van der Waals surface area contributed by atoms with Gasteiger partial charge in [0.2, 0.25) is 5.91 Å². The average Bonchev–Trinajstić information content (AvgIpc) is 3.31. The molecule has 29 heavy (non-hydrogen) atoms. The Hall–Kier alpha value is -2.36. The molecule has 1 saturated heterocycles. The second-order valence-corrected chi connectivity index (χ2v) is 7.86. The number of carbonyl (C=O) groups excluding carboxylic acids is 1. The average molecular weight is 430 g/mol. The van der Waals surface area contributed by atoms with Crippen LogP contribution in [-0.2, 0) is 17.8 Å². The highest BCUT2D eigenvalue weighted by atomic mass is 35.5. The number of likely N-dealkylation sites (tertiary alicyclic amines) is 1. The maximum atomic E-state index is 13.5. The quantitative estimate of drug-likeness (QED) is 0.751. The molecule has 156 valence electrons. The number of aromatic nitrogens is 4. The summed E-state index contributed by atoms with van der Waals surface area (Å²) in [6.45, 7) is 0.981. The van der Waals surface area contributed by atoms with E-state index < -0.39 is 42.6 Å². The minimum Gasteiger partial charge on any atom is -0.341 e. The molecule has 2 unspecified atom stereocenters. The summed E-state index contributed by atoms with van der Waals surface area (Å²) in [5, 5.41) is 4.54. The van der Waals surface area contributed by atoms with Crippen LogP contribution >= 0.6 is 11.6 Å². The number of halogens is 4. The molecule has 2 aromatic heterocycles. The first-order valence-corrected chi connectivity index (χ1v) is 9.76. The van der Waals surface area contributed by atoms with E-state index in [1.165, 1.54) is 11.1 Å². The first-order chi connectivity index (χ1) is 13.7. The summed E-state index contributed by atoms with van der Waals surface area (Å²) < 4.78 is 42.6. The van der Waals surface area contributed by atoms with Gasteiger partial charge in [0, 0.05) is 25.7 Å². The number of nitrogens with zero attached hydrogens (tertiary/aromatic N) is 5. The van der Waals surface area contributed by atoms with Crippen molar-refractivity contribution in [2.75, 3.05) is 13.1 Å². The number of hydrogen-bond acceptors (Lipinski definition) is 4. The molecule has 1 amide bonds. The van der Waals surface area contributed by atoms with Crippen LogP contribution < -0.4 is 5.69 Å². The third-order valence-corrected chi connectivity index (χ3v) is 5.68. The van der Waals surface area contributed by atoms with Gasteiger partial charge in [0.1, 0.15) is 11.9 Å². The molecule has 7 nitrogen and oxygen atoms in total. The maximum Gasteiger partial charge on any atom is 0.392 e. The molecule has 0 saturated carbocycles. The normalized spacial score (nSPS) is 22.0. The van der Waals surface area contributed by atoms with Gasteiger partial charge in [0.25, 0.3) is 0 Å². The first kappa shape index (κ1) is 19.9. The minimum atomic E-state index is -4.47. The van der Waals surface area contributed by atoms with Gasteiger partial charge in [0.15, 0.2) is 0 Å². The van der Waals surface area contributed by atoms with E-state index in [4.69, 9.17) is 11.6 Å². The molecule has 11 heteroatoms. The van der Waals surface area contributed by atoms with Crippen LogP contribution in [0.2, 0.25) is 5.02 Å². The van der Waals surface area contributed by atoms with Gasteiger partial charge < -0.3 is 4.90 Å². The molecule has 0 radical (unpaired) electrons. The van der Waals surface area contributed by atoms with Gasteiger partial charge >= 0.3 is 11.9 Å². The first-order valence-electron chi connectivity index (χ1n) is 9.38. The highest BCUT2D eigenvalue weighted by Gasteiger charge is 2.48. The zero-order valence-electron chi connectivity index (χ0n) is 15.4. The van der Waals surface area contributed by atoms with Gasteiger partial charge in [-0.1, -0.05) is 11.6 Å². The summed E-state index contributed by atoms with van der Waals surface area (Å²) in [6, 6.07) is 2.02. The Balaban J connectivity index is 1.70. The Kier molecular flexibility index (Phi) is 5.14. The lowest BCUT2D eigenvalue weighted by atomic mass is 9.91. The summed E-state index contributed by atoms with van der Waals surface area (Å²) in [6.07, 6.45) is -2.31. The Morgan fingerprint density at radius 3 is 2.59 bits per heavy atom. The zero-order valence-corrected chi connectivity index (χ0v) is 16.2. The molecule has 2 aliphatic rings. The number of rotatable bonds is 3. The van der Waals surface area contributed by atoms with E-state index in [2.05, 4.69) is 10.1 Å². The van der Waals surface area contributed by atoms with Crippen molar-refractivity contribution in [1.29, 1.82) is 0 Å². The largest absolute Gasteiger partial charge is 0.392 e. The lowest BCUT2D eigenvalue weighted by Gasteiger charge is -2.32. The van der Waals surface area contributed by atoms with E-state index in [9.17, 15) is 22.8 Å². The number of hydrogen-bond donors (Lipinski definition) is 0. The van der Waals surface area contributed by atoms with Crippen molar-refractivity contribution in [3.05, 3.63) is 45.4 Å². The fourth-order valence-electron chi connectivity index (χ4n) is 3.96. The van der Waals surface area contributed by atoms with Crippen molar-refractivity contribution in [2.45, 2.75) is 44.4 Å². The second-order valence-electron chi connectivity index (χ2n) is 7.42. The van der Waals surface area contributed by atoms with Gasteiger partial charge in [0.05, 0.1) is 23.2 Å². The summed E-state index contributed by atoms with van der Waals surface area (Å²) >= 11 is 5.80. The lowest BCUT2D eigenvalue weighted by molar-refractivity contribution is -0.183. The molecule has 0 N–H and O–H groups in total. The van der Waals surface area contributed by atoms with E-state index in [0.29, 0.717) is 23.8 Å². The molecule has 4 rings (SSSR count). The molecule has 1 fully saturated rings. The summed E-state index contributed by atoms with van der Waals surface area (Å²) in [5.74, 6) is -2.17. The van der Waals surface area contributed by atoms with Gasteiger partial charge in [-0.25, -0.2) is 9.48 Å². The standard InChI is InChI=1S/C18H19ClF3N5O2/c19-12-3-4-13(23-9-12)10-26-17(29)27-14(16(28)25-5-1-2-6-25)7-11(18(20,21)22)8-15(27)24-26/h3-4,9,11,14H,1-2,5-8,10H2.